The molecule has 66 heavy (non-hydrogen) atoms. The standard InChI is InChI=1S/C59H96O6S/c1-15-23-27-43(19-5)37-60-51-33-31-45(35-49(51)50-36-46(57(9,10)11)32-34-52(50)61-38-44(20-6)28-24-16-2)55-53-54(56(66-55)58(12,13)14)65-42-59(41-64-53,39-62-47(21-7)29-25-17-3)40-63-48(22-8)30-26-18-4/h31-36,43-44,47-48H,15-30,37-42H2,1-14H3. The fourth-order valence-corrected chi connectivity index (χ4v) is 10.1. The number of hydrogen-bond donors (Lipinski definition) is 0. The summed E-state index contributed by atoms with van der Waals surface area (Å²) in [6.07, 6.45) is 18.5. The first-order valence-corrected chi connectivity index (χ1v) is 27.6. The SMILES string of the molecule is CCCCC(CC)COc1ccc(-c2sc(C(C)(C)C)c3c2OCC(COC(CC)CCCC)(COC(CC)CCCC)CO3)cc1-c1cc(C(C)(C)C)ccc1OCC(CC)CCCC. The predicted molar refractivity (Wildman–Crippen MR) is 283 cm³/mol. The molecule has 4 atom stereocenters. The second kappa shape index (κ2) is 27.4. The summed E-state index contributed by atoms with van der Waals surface area (Å²) < 4.78 is 41.8. The highest BCUT2D eigenvalue weighted by atomic mass is 32.1. The zero-order chi connectivity index (χ0) is 48.3. The topological polar surface area (TPSA) is 55.4 Å². The van der Waals surface area contributed by atoms with Crippen LogP contribution >= 0.6 is 11.3 Å². The molecule has 2 aromatic carbocycles. The molecule has 0 saturated heterocycles. The number of hydrogen-bond acceptors (Lipinski definition) is 7. The number of thiophene rings is 1. The Morgan fingerprint density at radius 2 is 1.03 bits per heavy atom. The van der Waals surface area contributed by atoms with E-state index in [1.54, 1.807) is 11.3 Å². The highest BCUT2D eigenvalue weighted by Crippen LogP contribution is 2.55. The maximum absolute atomic E-state index is 7.19. The maximum atomic E-state index is 7.19. The predicted octanol–water partition coefficient (Wildman–Crippen LogP) is 17.6. The third kappa shape index (κ3) is 16.2. The van der Waals surface area contributed by atoms with Gasteiger partial charge in [0.15, 0.2) is 11.5 Å². The molecule has 1 aliphatic heterocycles. The molecule has 3 aromatic rings. The second-order valence-corrected chi connectivity index (χ2v) is 22.9. The third-order valence-corrected chi connectivity index (χ3v) is 15.5. The summed E-state index contributed by atoms with van der Waals surface area (Å²) in [6.45, 7) is 35.2. The van der Waals surface area contributed by atoms with Crippen LogP contribution in [0.1, 0.15) is 210 Å². The Morgan fingerprint density at radius 3 is 1.48 bits per heavy atom. The van der Waals surface area contributed by atoms with Gasteiger partial charge < -0.3 is 28.4 Å². The van der Waals surface area contributed by atoms with E-state index in [9.17, 15) is 0 Å². The first-order valence-electron chi connectivity index (χ1n) is 26.8. The van der Waals surface area contributed by atoms with E-state index in [-0.39, 0.29) is 23.0 Å². The zero-order valence-corrected chi connectivity index (χ0v) is 45.5. The van der Waals surface area contributed by atoms with E-state index in [4.69, 9.17) is 28.4 Å². The fraction of sp³-hybridized carbons (Fsp3) is 0.729. The van der Waals surface area contributed by atoms with Crippen LogP contribution in [0.5, 0.6) is 23.0 Å². The Morgan fingerprint density at radius 1 is 0.561 bits per heavy atom. The molecule has 6 nitrogen and oxygen atoms in total. The molecule has 0 radical (unpaired) electrons. The molecule has 1 aliphatic rings. The van der Waals surface area contributed by atoms with Crippen molar-refractivity contribution in [2.75, 3.05) is 39.6 Å². The molecule has 0 saturated carbocycles. The summed E-state index contributed by atoms with van der Waals surface area (Å²) in [7, 11) is 0. The van der Waals surface area contributed by atoms with Crippen molar-refractivity contribution in [1.29, 1.82) is 0 Å². The van der Waals surface area contributed by atoms with Crippen molar-refractivity contribution in [3.05, 3.63) is 46.8 Å². The van der Waals surface area contributed by atoms with Gasteiger partial charge in [-0.25, -0.2) is 0 Å². The lowest BCUT2D eigenvalue weighted by molar-refractivity contribution is -0.0992. The zero-order valence-electron chi connectivity index (χ0n) is 44.7. The summed E-state index contributed by atoms with van der Waals surface area (Å²) in [5.74, 6) is 4.51. The van der Waals surface area contributed by atoms with Crippen LogP contribution in [0.4, 0.5) is 0 Å². The van der Waals surface area contributed by atoms with Crippen LogP contribution in [0.15, 0.2) is 36.4 Å². The lowest BCUT2D eigenvalue weighted by atomic mass is 9.85. The first kappa shape index (κ1) is 55.9. The smallest absolute Gasteiger partial charge is 0.180 e. The number of ether oxygens (including phenoxy) is 6. The Hall–Kier alpha value is -2.74. The van der Waals surface area contributed by atoms with Crippen LogP contribution in [0.2, 0.25) is 0 Å². The summed E-state index contributed by atoms with van der Waals surface area (Å²) >= 11 is 1.80. The van der Waals surface area contributed by atoms with Gasteiger partial charge in [-0.15, -0.1) is 11.3 Å². The summed E-state index contributed by atoms with van der Waals surface area (Å²) in [6, 6.07) is 13.6. The minimum absolute atomic E-state index is 0.0511. The van der Waals surface area contributed by atoms with E-state index in [1.165, 1.54) is 49.0 Å². The summed E-state index contributed by atoms with van der Waals surface area (Å²) in [5.41, 5.74) is 3.81. The average Bonchev–Trinajstić information content (AvgIpc) is 3.59. The first-order chi connectivity index (χ1) is 31.6. The number of benzene rings is 2. The number of rotatable bonds is 30. The fourth-order valence-electron chi connectivity index (χ4n) is 8.86. The van der Waals surface area contributed by atoms with Crippen molar-refractivity contribution in [3.8, 4) is 44.6 Å². The summed E-state index contributed by atoms with van der Waals surface area (Å²) in [5, 5.41) is 0. The molecule has 0 bridgehead atoms. The molecule has 4 rings (SSSR count). The van der Waals surface area contributed by atoms with Crippen LogP contribution < -0.4 is 18.9 Å². The van der Waals surface area contributed by atoms with Gasteiger partial charge >= 0.3 is 0 Å². The van der Waals surface area contributed by atoms with Crippen molar-refractivity contribution in [2.24, 2.45) is 17.3 Å². The van der Waals surface area contributed by atoms with Crippen LogP contribution in [-0.2, 0) is 20.3 Å². The van der Waals surface area contributed by atoms with Gasteiger partial charge in [0.2, 0.25) is 0 Å². The van der Waals surface area contributed by atoms with Crippen LogP contribution in [-0.4, -0.2) is 51.8 Å². The monoisotopic (exact) mass is 933 g/mol. The maximum Gasteiger partial charge on any atom is 0.180 e. The van der Waals surface area contributed by atoms with E-state index in [1.807, 2.05) is 0 Å². The lowest BCUT2D eigenvalue weighted by Crippen LogP contribution is -2.44. The van der Waals surface area contributed by atoms with Crippen molar-refractivity contribution in [1.82, 2.24) is 0 Å². The van der Waals surface area contributed by atoms with Gasteiger partial charge in [-0.1, -0.05) is 167 Å². The van der Waals surface area contributed by atoms with E-state index in [0.717, 1.165) is 109 Å². The van der Waals surface area contributed by atoms with Gasteiger partial charge in [-0.05, 0) is 97.2 Å². The van der Waals surface area contributed by atoms with Crippen LogP contribution in [0.3, 0.4) is 0 Å². The van der Waals surface area contributed by atoms with Gasteiger partial charge in [0.25, 0.3) is 0 Å². The molecule has 4 unspecified atom stereocenters. The Labute approximate surface area is 409 Å². The van der Waals surface area contributed by atoms with Gasteiger partial charge in [0.1, 0.15) is 24.7 Å². The Bertz CT molecular complexity index is 1810. The number of fused-ring (bicyclic) bond motifs is 1. The molecular formula is C59H96O6S. The molecule has 0 N–H and O–H groups in total. The highest BCUT2D eigenvalue weighted by molar-refractivity contribution is 7.16. The van der Waals surface area contributed by atoms with Gasteiger partial charge in [0, 0.05) is 16.5 Å². The lowest BCUT2D eigenvalue weighted by Gasteiger charge is -2.34. The molecule has 374 valence electrons. The highest BCUT2D eigenvalue weighted by Gasteiger charge is 2.41. The molecular weight excluding hydrogens is 837 g/mol. The molecule has 0 aliphatic carbocycles. The average molecular weight is 933 g/mol. The molecule has 0 fully saturated rings. The van der Waals surface area contributed by atoms with Gasteiger partial charge in [-0.2, -0.15) is 0 Å². The van der Waals surface area contributed by atoms with Crippen molar-refractivity contribution in [3.63, 3.8) is 0 Å². The molecule has 0 spiro atoms. The molecule has 7 heteroatoms. The largest absolute Gasteiger partial charge is 0.493 e. The van der Waals surface area contributed by atoms with Crippen molar-refractivity contribution >= 4 is 11.3 Å². The van der Waals surface area contributed by atoms with E-state index < -0.39 is 5.41 Å². The minimum Gasteiger partial charge on any atom is -0.493 e. The van der Waals surface area contributed by atoms with Gasteiger partial charge in [0.05, 0.1) is 53.8 Å². The molecule has 1 aromatic heterocycles. The van der Waals surface area contributed by atoms with Crippen molar-refractivity contribution < 1.29 is 28.4 Å². The third-order valence-electron chi connectivity index (χ3n) is 13.9. The quantitative estimate of drug-likeness (QED) is 0.0664. The molecule has 0 amide bonds. The Balaban J connectivity index is 1.88. The van der Waals surface area contributed by atoms with Crippen LogP contribution in [0.25, 0.3) is 21.6 Å². The minimum atomic E-state index is -0.466. The number of unbranched alkanes of at least 4 members (excludes halogenated alkanes) is 4. The van der Waals surface area contributed by atoms with E-state index in [0.29, 0.717) is 51.5 Å². The van der Waals surface area contributed by atoms with Crippen LogP contribution in [0, 0.1) is 17.3 Å². The molecule has 2 heterocycles. The summed E-state index contributed by atoms with van der Waals surface area (Å²) in [4.78, 5) is 2.27. The Kier molecular flexibility index (Phi) is 23.2. The van der Waals surface area contributed by atoms with E-state index >= 15 is 0 Å². The second-order valence-electron chi connectivity index (χ2n) is 21.8. The van der Waals surface area contributed by atoms with Crippen molar-refractivity contribution in [2.45, 2.75) is 223 Å². The normalized spacial score (nSPS) is 17.3. The van der Waals surface area contributed by atoms with E-state index in [2.05, 4.69) is 133 Å². The van der Waals surface area contributed by atoms with Gasteiger partial charge in [-0.3, -0.25) is 0 Å².